The number of carbonyl (C=O) groups is 1. The van der Waals surface area contributed by atoms with Crippen molar-refractivity contribution in [2.24, 2.45) is 17.0 Å². The Balaban J connectivity index is 2.15. The van der Waals surface area contributed by atoms with Gasteiger partial charge in [0.25, 0.3) is 0 Å². The van der Waals surface area contributed by atoms with E-state index in [2.05, 4.69) is 12.1 Å². The Bertz CT molecular complexity index is 456. The first-order chi connectivity index (χ1) is 10.7. The van der Waals surface area contributed by atoms with E-state index in [0.717, 1.165) is 25.0 Å². The lowest BCUT2D eigenvalue weighted by molar-refractivity contribution is -0.116. The number of halogens is 1. The molecular weight excluding hydrogens is 318 g/mol. The molecule has 5 heteroatoms. The van der Waals surface area contributed by atoms with E-state index in [9.17, 15) is 4.79 Å². The number of Topliss-reactive ketones (excluding diaryl/α,β-unsaturated/α-hetero) is 1. The van der Waals surface area contributed by atoms with Crippen LogP contribution in [-0.2, 0) is 9.63 Å². The minimum atomic E-state index is 0.156. The molecule has 1 saturated heterocycles. The molecule has 0 saturated carbocycles. The molecular formula is C17H26ClNO2S. The van der Waals surface area contributed by atoms with Crippen molar-refractivity contribution in [3.05, 3.63) is 10.6 Å². The quantitative estimate of drug-likeness (QED) is 0.514. The van der Waals surface area contributed by atoms with Crippen LogP contribution in [-0.4, -0.2) is 29.6 Å². The van der Waals surface area contributed by atoms with Crippen LogP contribution in [0, 0.1) is 11.8 Å². The molecule has 0 aromatic heterocycles. The summed E-state index contributed by atoms with van der Waals surface area (Å²) in [6.07, 6.45) is 5.60. The first-order valence-corrected chi connectivity index (χ1v) is 9.89. The van der Waals surface area contributed by atoms with E-state index in [0.29, 0.717) is 35.5 Å². The third-order valence-electron chi connectivity index (χ3n) is 4.38. The summed E-state index contributed by atoms with van der Waals surface area (Å²) in [4.78, 5) is 17.8. The van der Waals surface area contributed by atoms with Crippen molar-refractivity contribution < 1.29 is 9.63 Å². The second-order valence-electron chi connectivity index (χ2n) is 6.05. The largest absolute Gasteiger partial charge is 0.396 e. The number of oxime groups is 1. The Morgan fingerprint density at radius 2 is 2.18 bits per heavy atom. The van der Waals surface area contributed by atoms with Gasteiger partial charge in [0.05, 0.1) is 11.3 Å². The number of ketones is 1. The number of thioether (sulfide) groups is 1. The van der Waals surface area contributed by atoms with Crippen LogP contribution in [0.1, 0.15) is 52.4 Å². The lowest BCUT2D eigenvalue weighted by Gasteiger charge is -2.32. The Kier molecular flexibility index (Phi) is 7.29. The zero-order chi connectivity index (χ0) is 15.9. The predicted molar refractivity (Wildman–Crippen MR) is 94.6 cm³/mol. The number of nitrogens with zero attached hydrogens (tertiary/aromatic N) is 1. The normalized spacial score (nSPS) is 27.2. The lowest BCUT2D eigenvalue weighted by Crippen LogP contribution is -2.30. The lowest BCUT2D eigenvalue weighted by atomic mass is 9.77. The average molecular weight is 344 g/mol. The molecule has 0 spiro atoms. The van der Waals surface area contributed by atoms with Crippen LogP contribution < -0.4 is 0 Å². The molecule has 0 aromatic carbocycles. The molecule has 0 aromatic rings. The maximum absolute atomic E-state index is 12.7. The number of rotatable bonds is 6. The number of hydrogen-bond acceptors (Lipinski definition) is 4. The standard InChI is InChI=1S/C17H26ClNO2S/c1-3-6-15(19-21-4-2)17-14(18)9-13(10-16(17)20)12-7-5-8-22-11-12/h12-13H,3-11H2,1-2H3. The van der Waals surface area contributed by atoms with Gasteiger partial charge < -0.3 is 4.84 Å². The van der Waals surface area contributed by atoms with Gasteiger partial charge in [0.2, 0.25) is 0 Å². The van der Waals surface area contributed by atoms with Gasteiger partial charge in [0.15, 0.2) is 5.78 Å². The van der Waals surface area contributed by atoms with Gasteiger partial charge >= 0.3 is 0 Å². The topological polar surface area (TPSA) is 38.7 Å². The Labute approximate surface area is 142 Å². The molecule has 2 rings (SSSR count). The molecule has 1 heterocycles. The molecule has 0 amide bonds. The zero-order valence-corrected chi connectivity index (χ0v) is 15.1. The van der Waals surface area contributed by atoms with Gasteiger partial charge in [0, 0.05) is 11.5 Å². The van der Waals surface area contributed by atoms with Gasteiger partial charge in [0.1, 0.15) is 6.61 Å². The minimum absolute atomic E-state index is 0.156. The maximum atomic E-state index is 12.7. The Hall–Kier alpha value is -0.480. The average Bonchev–Trinajstić information content (AvgIpc) is 2.52. The van der Waals surface area contributed by atoms with Crippen molar-refractivity contribution in [2.45, 2.75) is 52.4 Å². The van der Waals surface area contributed by atoms with E-state index in [1.54, 1.807) is 0 Å². The highest BCUT2D eigenvalue weighted by Crippen LogP contribution is 2.39. The Morgan fingerprint density at radius 1 is 1.36 bits per heavy atom. The van der Waals surface area contributed by atoms with Gasteiger partial charge in [-0.3, -0.25) is 4.79 Å². The minimum Gasteiger partial charge on any atom is -0.396 e. The van der Waals surface area contributed by atoms with Gasteiger partial charge in [-0.2, -0.15) is 11.8 Å². The highest BCUT2D eigenvalue weighted by Gasteiger charge is 2.34. The zero-order valence-electron chi connectivity index (χ0n) is 13.6. The molecule has 2 unspecified atom stereocenters. The van der Waals surface area contributed by atoms with E-state index in [1.165, 1.54) is 24.3 Å². The van der Waals surface area contributed by atoms with Crippen LogP contribution in [0.15, 0.2) is 15.8 Å². The molecule has 1 fully saturated rings. The van der Waals surface area contributed by atoms with Gasteiger partial charge in [-0.25, -0.2) is 0 Å². The molecule has 3 nitrogen and oxygen atoms in total. The molecule has 0 radical (unpaired) electrons. The van der Waals surface area contributed by atoms with Gasteiger partial charge in [-0.15, -0.1) is 0 Å². The van der Waals surface area contributed by atoms with Crippen molar-refractivity contribution in [2.75, 3.05) is 18.1 Å². The van der Waals surface area contributed by atoms with Gasteiger partial charge in [-0.1, -0.05) is 30.1 Å². The summed E-state index contributed by atoms with van der Waals surface area (Å²) >= 11 is 8.53. The van der Waals surface area contributed by atoms with Crippen molar-refractivity contribution in [1.29, 1.82) is 0 Å². The van der Waals surface area contributed by atoms with Crippen LogP contribution >= 0.6 is 23.4 Å². The highest BCUT2D eigenvalue weighted by atomic mass is 35.5. The second kappa shape index (κ2) is 8.97. The first-order valence-electron chi connectivity index (χ1n) is 8.36. The van der Waals surface area contributed by atoms with Crippen LogP contribution in [0.2, 0.25) is 0 Å². The molecule has 0 N–H and O–H groups in total. The molecule has 1 aliphatic heterocycles. The monoisotopic (exact) mass is 343 g/mol. The van der Waals surface area contributed by atoms with Crippen LogP contribution in [0.25, 0.3) is 0 Å². The fourth-order valence-electron chi connectivity index (χ4n) is 3.28. The summed E-state index contributed by atoms with van der Waals surface area (Å²) < 4.78 is 0. The van der Waals surface area contributed by atoms with Gasteiger partial charge in [-0.05, 0) is 55.9 Å². The third kappa shape index (κ3) is 4.51. The van der Waals surface area contributed by atoms with Crippen LogP contribution in [0.3, 0.4) is 0 Å². The van der Waals surface area contributed by atoms with E-state index in [4.69, 9.17) is 16.4 Å². The molecule has 1 aliphatic carbocycles. The number of carbonyl (C=O) groups excluding carboxylic acids is 1. The number of hydrogen-bond donors (Lipinski definition) is 0. The first kappa shape index (κ1) is 17.9. The molecule has 2 atom stereocenters. The maximum Gasteiger partial charge on any atom is 0.166 e. The summed E-state index contributed by atoms with van der Waals surface area (Å²) in [6, 6.07) is 0. The molecule has 124 valence electrons. The Morgan fingerprint density at radius 3 is 2.77 bits per heavy atom. The SMILES string of the molecule is CCCC(=NOCC)C1=C(Cl)CC(C2CCCSC2)CC1=O. The van der Waals surface area contributed by atoms with Crippen molar-refractivity contribution in [3.63, 3.8) is 0 Å². The summed E-state index contributed by atoms with van der Waals surface area (Å²) in [7, 11) is 0. The van der Waals surface area contributed by atoms with Crippen molar-refractivity contribution in [1.82, 2.24) is 0 Å². The van der Waals surface area contributed by atoms with E-state index in [-0.39, 0.29) is 5.78 Å². The molecule has 22 heavy (non-hydrogen) atoms. The smallest absolute Gasteiger partial charge is 0.166 e. The van der Waals surface area contributed by atoms with Crippen LogP contribution in [0.4, 0.5) is 0 Å². The van der Waals surface area contributed by atoms with E-state index in [1.807, 2.05) is 18.7 Å². The summed E-state index contributed by atoms with van der Waals surface area (Å²) in [6.45, 7) is 4.47. The van der Waals surface area contributed by atoms with Crippen molar-refractivity contribution in [3.8, 4) is 0 Å². The predicted octanol–water partition coefficient (Wildman–Crippen LogP) is 4.79. The number of allylic oxidation sites excluding steroid dienone is 2. The van der Waals surface area contributed by atoms with E-state index >= 15 is 0 Å². The van der Waals surface area contributed by atoms with Crippen LogP contribution in [0.5, 0.6) is 0 Å². The summed E-state index contributed by atoms with van der Waals surface area (Å²) in [5, 5.41) is 4.84. The second-order valence-corrected chi connectivity index (χ2v) is 7.66. The molecule has 2 aliphatic rings. The fraction of sp³-hybridized carbons (Fsp3) is 0.765. The highest BCUT2D eigenvalue weighted by molar-refractivity contribution is 7.99. The van der Waals surface area contributed by atoms with Crippen molar-refractivity contribution >= 4 is 34.9 Å². The van der Waals surface area contributed by atoms with E-state index < -0.39 is 0 Å². The summed E-state index contributed by atoms with van der Waals surface area (Å²) in [5.41, 5.74) is 1.37. The summed E-state index contributed by atoms with van der Waals surface area (Å²) in [5.74, 6) is 3.63. The fourth-order valence-corrected chi connectivity index (χ4v) is 4.97. The third-order valence-corrected chi connectivity index (χ3v) is 5.96. The molecule has 0 bridgehead atoms.